The fraction of sp³-hybridized carbons (Fsp3) is 0.421. The van der Waals surface area contributed by atoms with E-state index in [9.17, 15) is 4.79 Å². The molecule has 25 heavy (non-hydrogen) atoms. The third-order valence-electron chi connectivity index (χ3n) is 4.46. The van der Waals surface area contributed by atoms with Gasteiger partial charge >= 0.3 is 0 Å². The zero-order chi connectivity index (χ0) is 17.5. The molecule has 1 saturated heterocycles. The van der Waals surface area contributed by atoms with E-state index in [1.54, 1.807) is 13.1 Å². The number of rotatable bonds is 6. The number of piperidine rings is 1. The van der Waals surface area contributed by atoms with E-state index in [4.69, 9.17) is 4.74 Å². The van der Waals surface area contributed by atoms with E-state index in [2.05, 4.69) is 44.7 Å². The number of nitrogens with one attached hydrogen (secondary N) is 1. The van der Waals surface area contributed by atoms with Crippen molar-refractivity contribution < 1.29 is 9.53 Å². The molecule has 132 valence electrons. The monoisotopic (exact) mass is 340 g/mol. The fourth-order valence-electron chi connectivity index (χ4n) is 2.98. The van der Waals surface area contributed by atoms with Gasteiger partial charge in [0.05, 0.1) is 12.7 Å². The van der Waals surface area contributed by atoms with E-state index < -0.39 is 0 Å². The van der Waals surface area contributed by atoms with E-state index in [-0.39, 0.29) is 5.91 Å². The number of benzene rings is 1. The predicted molar refractivity (Wildman–Crippen MR) is 96.8 cm³/mol. The summed E-state index contributed by atoms with van der Waals surface area (Å²) >= 11 is 0. The average molecular weight is 340 g/mol. The molecule has 0 radical (unpaired) electrons. The Bertz CT molecular complexity index is 668. The summed E-state index contributed by atoms with van der Waals surface area (Å²) in [5, 5.41) is 10.7. The standard InChI is InChI=1S/C19H24N4O2/c1-20-19(24)17-7-8-18(22-21-17)23-12-9-16(10-13-23)25-14-11-15-5-3-2-4-6-15/h2-8,16H,9-14H2,1H3,(H,20,24). The van der Waals surface area contributed by atoms with Crippen molar-refractivity contribution in [2.45, 2.75) is 25.4 Å². The minimum Gasteiger partial charge on any atom is -0.378 e. The lowest BCUT2D eigenvalue weighted by molar-refractivity contribution is 0.0389. The van der Waals surface area contributed by atoms with Gasteiger partial charge in [0.2, 0.25) is 0 Å². The Kier molecular flexibility index (Phi) is 5.95. The quantitative estimate of drug-likeness (QED) is 0.872. The van der Waals surface area contributed by atoms with Crippen LogP contribution in [0, 0.1) is 0 Å². The van der Waals surface area contributed by atoms with Crippen molar-refractivity contribution in [3.8, 4) is 0 Å². The first-order valence-electron chi connectivity index (χ1n) is 8.72. The molecule has 0 atom stereocenters. The van der Waals surface area contributed by atoms with Gasteiger partial charge in [0, 0.05) is 20.1 Å². The van der Waals surface area contributed by atoms with E-state index in [0.29, 0.717) is 11.8 Å². The molecule has 1 amide bonds. The lowest BCUT2D eigenvalue weighted by atomic mass is 10.1. The number of nitrogens with zero attached hydrogens (tertiary/aromatic N) is 3. The Morgan fingerprint density at radius 2 is 1.92 bits per heavy atom. The van der Waals surface area contributed by atoms with Crippen LogP contribution in [0.3, 0.4) is 0 Å². The Morgan fingerprint density at radius 3 is 2.56 bits per heavy atom. The van der Waals surface area contributed by atoms with Gasteiger partial charge in [-0.05, 0) is 37.0 Å². The third kappa shape index (κ3) is 4.76. The van der Waals surface area contributed by atoms with Crippen molar-refractivity contribution in [2.75, 3.05) is 31.6 Å². The number of carbonyl (C=O) groups excluding carboxylic acids is 1. The highest BCUT2D eigenvalue weighted by molar-refractivity contribution is 5.91. The van der Waals surface area contributed by atoms with E-state index in [1.165, 1.54) is 5.56 Å². The number of ether oxygens (including phenoxy) is 1. The fourth-order valence-corrected chi connectivity index (χ4v) is 2.98. The maximum absolute atomic E-state index is 11.5. The van der Waals surface area contributed by atoms with Gasteiger partial charge in [-0.25, -0.2) is 0 Å². The summed E-state index contributed by atoms with van der Waals surface area (Å²) in [4.78, 5) is 13.7. The Morgan fingerprint density at radius 1 is 1.16 bits per heavy atom. The van der Waals surface area contributed by atoms with Crippen molar-refractivity contribution in [1.29, 1.82) is 0 Å². The molecule has 6 heteroatoms. The van der Waals surface area contributed by atoms with Gasteiger partial charge in [0.15, 0.2) is 11.5 Å². The lowest BCUT2D eigenvalue weighted by Crippen LogP contribution is -2.38. The van der Waals surface area contributed by atoms with Gasteiger partial charge in [-0.1, -0.05) is 30.3 Å². The van der Waals surface area contributed by atoms with Gasteiger partial charge in [-0.15, -0.1) is 10.2 Å². The summed E-state index contributed by atoms with van der Waals surface area (Å²) in [5.74, 6) is 0.597. The molecule has 1 N–H and O–H groups in total. The molecule has 0 saturated carbocycles. The third-order valence-corrected chi connectivity index (χ3v) is 4.46. The van der Waals surface area contributed by atoms with Crippen LogP contribution in [0.5, 0.6) is 0 Å². The van der Waals surface area contributed by atoms with Crippen LogP contribution >= 0.6 is 0 Å². The molecule has 0 aliphatic carbocycles. The zero-order valence-corrected chi connectivity index (χ0v) is 14.5. The average Bonchev–Trinajstić information content (AvgIpc) is 2.69. The largest absolute Gasteiger partial charge is 0.378 e. The molecule has 1 aromatic heterocycles. The molecule has 2 heterocycles. The minimum absolute atomic E-state index is 0.218. The molecule has 1 aliphatic heterocycles. The molecule has 1 fully saturated rings. The summed E-state index contributed by atoms with van der Waals surface area (Å²) in [6.45, 7) is 2.54. The molecule has 1 aromatic carbocycles. The van der Waals surface area contributed by atoms with Crippen LogP contribution < -0.4 is 10.2 Å². The molecule has 2 aromatic rings. The molecule has 0 unspecified atom stereocenters. The number of aromatic nitrogens is 2. The van der Waals surface area contributed by atoms with Crippen LogP contribution in [0.4, 0.5) is 5.82 Å². The van der Waals surface area contributed by atoms with Crippen molar-refractivity contribution in [3.05, 3.63) is 53.7 Å². The number of amides is 1. The highest BCUT2D eigenvalue weighted by Gasteiger charge is 2.21. The number of hydrogen-bond donors (Lipinski definition) is 1. The first kappa shape index (κ1) is 17.4. The van der Waals surface area contributed by atoms with Crippen LogP contribution in [-0.4, -0.2) is 49.0 Å². The summed E-state index contributed by atoms with van der Waals surface area (Å²) in [7, 11) is 1.58. The van der Waals surface area contributed by atoms with Crippen LogP contribution in [0.1, 0.15) is 28.9 Å². The topological polar surface area (TPSA) is 67.4 Å². The van der Waals surface area contributed by atoms with E-state index in [0.717, 1.165) is 44.8 Å². The lowest BCUT2D eigenvalue weighted by Gasteiger charge is -2.32. The van der Waals surface area contributed by atoms with Crippen molar-refractivity contribution in [3.63, 3.8) is 0 Å². The van der Waals surface area contributed by atoms with Crippen LogP contribution in [0.15, 0.2) is 42.5 Å². The zero-order valence-electron chi connectivity index (χ0n) is 14.5. The molecule has 3 rings (SSSR count). The van der Waals surface area contributed by atoms with E-state index >= 15 is 0 Å². The summed E-state index contributed by atoms with van der Waals surface area (Å²) in [6.07, 6.45) is 3.22. The number of carbonyl (C=O) groups is 1. The normalized spacial score (nSPS) is 15.2. The first-order chi connectivity index (χ1) is 12.3. The van der Waals surface area contributed by atoms with Gasteiger partial charge in [-0.2, -0.15) is 0 Å². The highest BCUT2D eigenvalue weighted by Crippen LogP contribution is 2.19. The minimum atomic E-state index is -0.218. The Hall–Kier alpha value is -2.47. The maximum atomic E-state index is 11.5. The van der Waals surface area contributed by atoms with Crippen LogP contribution in [0.2, 0.25) is 0 Å². The predicted octanol–water partition coefficient (Wildman–Crippen LogP) is 2.06. The van der Waals surface area contributed by atoms with Gasteiger partial charge in [-0.3, -0.25) is 4.79 Å². The maximum Gasteiger partial charge on any atom is 0.271 e. The SMILES string of the molecule is CNC(=O)c1ccc(N2CCC(OCCc3ccccc3)CC2)nn1. The van der Waals surface area contributed by atoms with Crippen molar-refractivity contribution in [1.82, 2.24) is 15.5 Å². The summed E-state index contributed by atoms with van der Waals surface area (Å²) < 4.78 is 6.02. The van der Waals surface area contributed by atoms with Crippen LogP contribution in [-0.2, 0) is 11.2 Å². The molecule has 0 bridgehead atoms. The van der Waals surface area contributed by atoms with Gasteiger partial charge in [0.1, 0.15) is 0 Å². The molecule has 0 spiro atoms. The molecular formula is C19H24N4O2. The second-order valence-electron chi connectivity index (χ2n) is 6.15. The van der Waals surface area contributed by atoms with Crippen LogP contribution in [0.25, 0.3) is 0 Å². The molecule has 6 nitrogen and oxygen atoms in total. The van der Waals surface area contributed by atoms with Gasteiger partial charge < -0.3 is 15.0 Å². The first-order valence-corrected chi connectivity index (χ1v) is 8.72. The van der Waals surface area contributed by atoms with E-state index in [1.807, 2.05) is 12.1 Å². The molecule has 1 aliphatic rings. The van der Waals surface area contributed by atoms with Crippen molar-refractivity contribution >= 4 is 11.7 Å². The van der Waals surface area contributed by atoms with Gasteiger partial charge in [0.25, 0.3) is 5.91 Å². The Labute approximate surface area is 148 Å². The number of anilines is 1. The van der Waals surface area contributed by atoms with Crippen molar-refractivity contribution in [2.24, 2.45) is 0 Å². The smallest absolute Gasteiger partial charge is 0.271 e. The second-order valence-corrected chi connectivity index (χ2v) is 6.15. The summed E-state index contributed by atoms with van der Waals surface area (Å²) in [6, 6.07) is 14.0. The summed E-state index contributed by atoms with van der Waals surface area (Å²) in [5.41, 5.74) is 1.65. The molecular weight excluding hydrogens is 316 g/mol. The second kappa shape index (κ2) is 8.58. The Balaban J connectivity index is 1.43. The number of hydrogen-bond acceptors (Lipinski definition) is 5. The highest BCUT2D eigenvalue weighted by atomic mass is 16.5.